The number of benzene rings is 2. The van der Waals surface area contributed by atoms with Gasteiger partial charge in [0.2, 0.25) is 5.88 Å². The van der Waals surface area contributed by atoms with Crippen molar-refractivity contribution in [3.8, 4) is 22.8 Å². The monoisotopic (exact) mass is 356 g/mol. The highest BCUT2D eigenvalue weighted by Gasteiger charge is 2.05. The zero-order valence-electron chi connectivity index (χ0n) is 14.0. The van der Waals surface area contributed by atoms with E-state index in [1.54, 1.807) is 13.3 Å². The average Bonchev–Trinajstić information content (AvgIpc) is 2.67. The van der Waals surface area contributed by atoms with E-state index in [2.05, 4.69) is 4.98 Å². The second-order valence-corrected chi connectivity index (χ2v) is 5.43. The highest BCUT2D eigenvalue weighted by Crippen LogP contribution is 2.26. The van der Waals surface area contributed by atoms with Crippen LogP contribution in [0, 0.1) is 0 Å². The Bertz CT molecular complexity index is 770. The van der Waals surface area contributed by atoms with Crippen LogP contribution < -0.4 is 15.2 Å². The Morgan fingerprint density at radius 3 is 2.36 bits per heavy atom. The van der Waals surface area contributed by atoms with Crippen LogP contribution in [-0.4, -0.2) is 12.1 Å². The number of pyridine rings is 1. The molecule has 0 saturated heterocycles. The lowest BCUT2D eigenvalue weighted by Gasteiger charge is -2.09. The van der Waals surface area contributed by atoms with Gasteiger partial charge >= 0.3 is 0 Å². The first-order valence-electron chi connectivity index (χ1n) is 7.79. The molecule has 0 saturated carbocycles. The molecule has 2 N–H and O–H groups in total. The molecule has 0 aliphatic heterocycles. The van der Waals surface area contributed by atoms with E-state index >= 15 is 0 Å². The maximum atomic E-state index is 5.75. The van der Waals surface area contributed by atoms with E-state index in [0.717, 1.165) is 28.0 Å². The van der Waals surface area contributed by atoms with Crippen LogP contribution in [0.5, 0.6) is 11.6 Å². The summed E-state index contributed by atoms with van der Waals surface area (Å²) in [7, 11) is 1.65. The normalized spacial score (nSPS) is 10.0. The zero-order chi connectivity index (χ0) is 16.8. The Labute approximate surface area is 154 Å². The maximum Gasteiger partial charge on any atom is 0.213 e. The largest absolute Gasteiger partial charge is 0.497 e. The van der Waals surface area contributed by atoms with Gasteiger partial charge in [0, 0.05) is 24.4 Å². The lowest BCUT2D eigenvalue weighted by atomic mass is 10.0. The molecule has 1 heterocycles. The van der Waals surface area contributed by atoms with Crippen molar-refractivity contribution in [3.63, 3.8) is 0 Å². The minimum absolute atomic E-state index is 0. The maximum absolute atomic E-state index is 5.75. The molecule has 3 rings (SSSR count). The predicted molar refractivity (Wildman–Crippen MR) is 102 cm³/mol. The summed E-state index contributed by atoms with van der Waals surface area (Å²) in [6.07, 6.45) is 1.80. The van der Waals surface area contributed by atoms with Crippen LogP contribution in [0.15, 0.2) is 66.9 Å². The number of aromatic nitrogens is 1. The van der Waals surface area contributed by atoms with Crippen LogP contribution in [0.4, 0.5) is 0 Å². The first kappa shape index (κ1) is 18.8. The van der Waals surface area contributed by atoms with Gasteiger partial charge in [-0.2, -0.15) is 0 Å². The number of ether oxygens (including phenoxy) is 2. The van der Waals surface area contributed by atoms with Crippen LogP contribution in [0.25, 0.3) is 11.1 Å². The van der Waals surface area contributed by atoms with Gasteiger partial charge in [-0.3, -0.25) is 0 Å². The summed E-state index contributed by atoms with van der Waals surface area (Å²) in [5.74, 6) is 1.39. The summed E-state index contributed by atoms with van der Waals surface area (Å²) in [6.45, 7) is 0.972. The molecule has 0 bridgehead atoms. The third kappa shape index (κ3) is 4.95. The summed E-state index contributed by atoms with van der Waals surface area (Å²) in [5.41, 5.74) is 9.91. The van der Waals surface area contributed by atoms with E-state index in [0.29, 0.717) is 19.0 Å². The van der Waals surface area contributed by atoms with Gasteiger partial charge in [-0.15, -0.1) is 12.4 Å². The number of halogens is 1. The molecular weight excluding hydrogens is 336 g/mol. The van der Waals surface area contributed by atoms with Gasteiger partial charge in [-0.1, -0.05) is 30.3 Å². The average molecular weight is 357 g/mol. The second-order valence-electron chi connectivity index (χ2n) is 5.43. The fourth-order valence-corrected chi connectivity index (χ4v) is 2.43. The minimum atomic E-state index is 0. The van der Waals surface area contributed by atoms with Crippen LogP contribution in [-0.2, 0) is 13.2 Å². The lowest BCUT2D eigenvalue weighted by molar-refractivity contribution is 0.294. The number of nitrogens with zero attached hydrogens (tertiary/aromatic N) is 1. The molecule has 130 valence electrons. The quantitative estimate of drug-likeness (QED) is 0.718. The zero-order valence-corrected chi connectivity index (χ0v) is 14.8. The molecule has 0 unspecified atom stereocenters. The molecule has 3 aromatic rings. The molecule has 0 spiro atoms. The number of hydrogen-bond acceptors (Lipinski definition) is 4. The molecule has 0 atom stereocenters. The van der Waals surface area contributed by atoms with Crippen molar-refractivity contribution in [2.45, 2.75) is 13.2 Å². The van der Waals surface area contributed by atoms with Crippen LogP contribution in [0.2, 0.25) is 0 Å². The fourth-order valence-electron chi connectivity index (χ4n) is 2.43. The summed E-state index contributed by atoms with van der Waals surface area (Å²) in [6, 6.07) is 19.8. The van der Waals surface area contributed by atoms with Crippen molar-refractivity contribution in [3.05, 3.63) is 78.0 Å². The minimum Gasteiger partial charge on any atom is -0.497 e. The van der Waals surface area contributed by atoms with Gasteiger partial charge in [-0.05, 0) is 41.0 Å². The van der Waals surface area contributed by atoms with E-state index in [-0.39, 0.29) is 12.4 Å². The summed E-state index contributed by atoms with van der Waals surface area (Å²) in [4.78, 5) is 4.39. The molecule has 0 amide bonds. The van der Waals surface area contributed by atoms with Crippen molar-refractivity contribution in [1.29, 1.82) is 0 Å². The number of hydrogen-bond donors (Lipinski definition) is 1. The molecule has 1 aromatic heterocycles. The molecule has 25 heavy (non-hydrogen) atoms. The van der Waals surface area contributed by atoms with Crippen LogP contribution in [0.1, 0.15) is 11.1 Å². The lowest BCUT2D eigenvalue weighted by Crippen LogP contribution is -1.98. The van der Waals surface area contributed by atoms with Crippen LogP contribution in [0.3, 0.4) is 0 Å². The topological polar surface area (TPSA) is 57.4 Å². The first-order valence-corrected chi connectivity index (χ1v) is 7.79. The van der Waals surface area contributed by atoms with E-state index in [1.165, 1.54) is 0 Å². The second kappa shape index (κ2) is 9.06. The third-order valence-corrected chi connectivity index (χ3v) is 3.74. The molecule has 0 aliphatic rings. The SMILES string of the molecule is COc1cc(CN)cc(-c2ccc(OCc3ccccc3)nc2)c1.Cl. The van der Waals surface area contributed by atoms with Gasteiger partial charge in [0.1, 0.15) is 12.4 Å². The van der Waals surface area contributed by atoms with Gasteiger partial charge in [0.25, 0.3) is 0 Å². The highest BCUT2D eigenvalue weighted by atomic mass is 35.5. The highest BCUT2D eigenvalue weighted by molar-refractivity contribution is 5.85. The van der Waals surface area contributed by atoms with E-state index in [1.807, 2.05) is 60.7 Å². The van der Waals surface area contributed by atoms with Crippen molar-refractivity contribution >= 4 is 12.4 Å². The Hall–Kier alpha value is -2.56. The Balaban J connectivity index is 0.00000225. The van der Waals surface area contributed by atoms with Crippen molar-refractivity contribution in [2.75, 3.05) is 7.11 Å². The fraction of sp³-hybridized carbons (Fsp3) is 0.150. The molecule has 4 nitrogen and oxygen atoms in total. The summed E-state index contributed by atoms with van der Waals surface area (Å²) >= 11 is 0. The predicted octanol–water partition coefficient (Wildman–Crippen LogP) is 4.22. The molecule has 0 radical (unpaired) electrons. The van der Waals surface area contributed by atoms with Crippen molar-refractivity contribution in [2.24, 2.45) is 5.73 Å². The molecule has 0 fully saturated rings. The molecule has 2 aromatic carbocycles. The van der Waals surface area contributed by atoms with Crippen LogP contribution >= 0.6 is 12.4 Å². The summed E-state index contributed by atoms with van der Waals surface area (Å²) in [5, 5.41) is 0. The Kier molecular flexibility index (Phi) is 6.81. The molecular formula is C20H21ClN2O2. The summed E-state index contributed by atoms with van der Waals surface area (Å²) < 4.78 is 11.0. The Morgan fingerprint density at radius 1 is 0.920 bits per heavy atom. The first-order chi connectivity index (χ1) is 11.8. The number of rotatable bonds is 6. The van der Waals surface area contributed by atoms with Crippen molar-refractivity contribution in [1.82, 2.24) is 4.98 Å². The number of methoxy groups -OCH3 is 1. The third-order valence-electron chi connectivity index (χ3n) is 3.74. The Morgan fingerprint density at radius 2 is 1.72 bits per heavy atom. The number of nitrogens with two attached hydrogens (primary N) is 1. The van der Waals surface area contributed by atoms with Gasteiger partial charge in [0.15, 0.2) is 0 Å². The van der Waals surface area contributed by atoms with E-state index < -0.39 is 0 Å². The molecule has 0 aliphatic carbocycles. The van der Waals surface area contributed by atoms with E-state index in [9.17, 15) is 0 Å². The van der Waals surface area contributed by atoms with Gasteiger partial charge in [0.05, 0.1) is 7.11 Å². The van der Waals surface area contributed by atoms with Gasteiger partial charge < -0.3 is 15.2 Å². The standard InChI is InChI=1S/C20H20N2O2.ClH/c1-23-19-10-16(12-21)9-18(11-19)17-7-8-20(22-13-17)24-14-15-5-3-2-4-6-15;/h2-11,13H,12,14,21H2,1H3;1H. The smallest absolute Gasteiger partial charge is 0.213 e. The van der Waals surface area contributed by atoms with Crippen molar-refractivity contribution < 1.29 is 9.47 Å². The van der Waals surface area contributed by atoms with Gasteiger partial charge in [-0.25, -0.2) is 4.98 Å². The molecule has 5 heteroatoms. The van der Waals surface area contributed by atoms with E-state index in [4.69, 9.17) is 15.2 Å².